The Hall–Kier alpha value is -2.23. The molecule has 26 heavy (non-hydrogen) atoms. The number of piperazine rings is 1. The first-order valence-corrected chi connectivity index (χ1v) is 10.5. The van der Waals surface area contributed by atoms with E-state index < -0.39 is 9.84 Å². The average molecular weight is 381 g/mol. The van der Waals surface area contributed by atoms with Gasteiger partial charge in [0.25, 0.3) is 5.91 Å². The molecule has 3 heterocycles. The zero-order valence-corrected chi connectivity index (χ0v) is 15.6. The Labute approximate surface area is 152 Å². The lowest BCUT2D eigenvalue weighted by Gasteiger charge is -2.33. The number of hydrogen-bond donors (Lipinski definition) is 0. The van der Waals surface area contributed by atoms with Crippen LogP contribution in [0.25, 0.3) is 0 Å². The van der Waals surface area contributed by atoms with Gasteiger partial charge in [-0.15, -0.1) is 0 Å². The summed E-state index contributed by atoms with van der Waals surface area (Å²) in [6, 6.07) is 1.34. The van der Waals surface area contributed by atoms with Crippen LogP contribution in [0.2, 0.25) is 0 Å². The maximum absolute atomic E-state index is 12.9. The van der Waals surface area contributed by atoms with Crippen molar-refractivity contribution in [2.75, 3.05) is 49.1 Å². The second-order valence-corrected chi connectivity index (χ2v) is 8.77. The molecule has 9 nitrogen and oxygen atoms in total. The zero-order chi connectivity index (χ0) is 18.7. The normalized spacial score (nSPS) is 22.3. The summed E-state index contributed by atoms with van der Waals surface area (Å²) in [7, 11) is -3.07. The van der Waals surface area contributed by atoms with Crippen LogP contribution in [0, 0.1) is 0 Å². The quantitative estimate of drug-likeness (QED) is 0.628. The lowest BCUT2D eigenvalue weighted by Crippen LogP contribution is -2.46. The van der Waals surface area contributed by atoms with Crippen molar-refractivity contribution in [2.24, 2.45) is 0 Å². The van der Waals surface area contributed by atoms with Crippen LogP contribution in [0.5, 0.6) is 0 Å². The van der Waals surface area contributed by atoms with E-state index in [0.29, 0.717) is 45.0 Å². The second-order valence-electron chi connectivity index (χ2n) is 6.54. The molecule has 0 spiro atoms. The van der Waals surface area contributed by atoms with Crippen molar-refractivity contribution < 1.29 is 18.0 Å². The molecule has 2 aliphatic rings. The van der Waals surface area contributed by atoms with Gasteiger partial charge in [-0.25, -0.2) is 18.4 Å². The summed E-state index contributed by atoms with van der Waals surface area (Å²) >= 11 is 0. The minimum Gasteiger partial charge on any atom is -0.353 e. The van der Waals surface area contributed by atoms with Crippen LogP contribution in [0.15, 0.2) is 12.4 Å². The molecule has 0 aliphatic carbocycles. The molecule has 2 aliphatic heterocycles. The van der Waals surface area contributed by atoms with E-state index in [4.69, 9.17) is 0 Å². The predicted molar refractivity (Wildman–Crippen MR) is 95.7 cm³/mol. The van der Waals surface area contributed by atoms with Crippen molar-refractivity contribution in [3.63, 3.8) is 0 Å². The molecule has 0 N–H and O–H groups in total. The number of aromatic nitrogens is 2. The average Bonchev–Trinajstić information content (AvgIpc) is 3.02. The van der Waals surface area contributed by atoms with Crippen molar-refractivity contribution in [1.29, 1.82) is 0 Å². The van der Waals surface area contributed by atoms with Crippen molar-refractivity contribution in [3.8, 4) is 0 Å². The molecule has 1 unspecified atom stereocenters. The summed E-state index contributed by atoms with van der Waals surface area (Å²) in [6.45, 7) is 4.76. The molecule has 1 atom stereocenters. The van der Waals surface area contributed by atoms with Gasteiger partial charge < -0.3 is 14.7 Å². The van der Waals surface area contributed by atoms with Crippen molar-refractivity contribution >= 4 is 28.0 Å². The lowest BCUT2D eigenvalue weighted by atomic mass is 10.2. The molecule has 0 radical (unpaired) electrons. The smallest absolute Gasteiger partial charge is 0.272 e. The molecule has 2 fully saturated rings. The molecule has 2 saturated heterocycles. The number of anilines is 1. The number of hydrogen-bond acceptors (Lipinski definition) is 7. The first-order valence-electron chi connectivity index (χ1n) is 8.71. The summed E-state index contributed by atoms with van der Waals surface area (Å²) in [4.78, 5) is 37.3. The van der Waals surface area contributed by atoms with Gasteiger partial charge in [-0.2, -0.15) is 0 Å². The van der Waals surface area contributed by atoms with Crippen LogP contribution in [0.3, 0.4) is 0 Å². The first kappa shape index (κ1) is 18.6. The molecule has 1 aromatic heterocycles. The summed E-state index contributed by atoms with van der Waals surface area (Å²) in [6.07, 6.45) is 2.66. The topological polar surface area (TPSA) is 104 Å². The van der Waals surface area contributed by atoms with E-state index >= 15 is 0 Å². The van der Waals surface area contributed by atoms with Gasteiger partial charge in [0.2, 0.25) is 6.41 Å². The Bertz CT molecular complexity index is 777. The Morgan fingerprint density at radius 2 is 2.04 bits per heavy atom. The standard InChI is InChI=1S/C16H23N5O4S/c1-2-21(13-3-8-26(24,25)10-13)16(23)14-9-15(18-11-17-14)20-6-4-19(12-22)5-7-20/h9,11-13H,2-8,10H2,1H3. The van der Waals surface area contributed by atoms with E-state index in [2.05, 4.69) is 9.97 Å². The Balaban J connectivity index is 1.74. The molecule has 0 aromatic carbocycles. The summed E-state index contributed by atoms with van der Waals surface area (Å²) < 4.78 is 23.5. The molecule has 0 saturated carbocycles. The minimum atomic E-state index is -3.07. The molecule has 142 valence electrons. The Morgan fingerprint density at radius 1 is 1.31 bits per heavy atom. The number of carbonyl (C=O) groups is 2. The van der Waals surface area contributed by atoms with E-state index in [1.54, 1.807) is 15.9 Å². The Kier molecular flexibility index (Phi) is 5.40. The van der Waals surface area contributed by atoms with Gasteiger partial charge in [0, 0.05) is 44.8 Å². The number of amides is 2. The van der Waals surface area contributed by atoms with Gasteiger partial charge in [-0.05, 0) is 13.3 Å². The van der Waals surface area contributed by atoms with E-state index in [1.807, 2.05) is 11.8 Å². The van der Waals surface area contributed by atoms with E-state index in [1.165, 1.54) is 6.33 Å². The fraction of sp³-hybridized carbons (Fsp3) is 0.625. The highest BCUT2D eigenvalue weighted by molar-refractivity contribution is 7.91. The van der Waals surface area contributed by atoms with Gasteiger partial charge >= 0.3 is 0 Å². The minimum absolute atomic E-state index is 0.0121. The van der Waals surface area contributed by atoms with Crippen molar-refractivity contribution in [2.45, 2.75) is 19.4 Å². The number of nitrogens with zero attached hydrogens (tertiary/aromatic N) is 5. The van der Waals surface area contributed by atoms with Gasteiger partial charge in [-0.1, -0.05) is 0 Å². The van der Waals surface area contributed by atoms with E-state index in [-0.39, 0.29) is 29.1 Å². The second kappa shape index (κ2) is 7.56. The van der Waals surface area contributed by atoms with Crippen molar-refractivity contribution in [1.82, 2.24) is 19.8 Å². The van der Waals surface area contributed by atoms with Crippen LogP contribution < -0.4 is 4.90 Å². The SMILES string of the molecule is CCN(C(=O)c1cc(N2CCN(C=O)CC2)ncn1)C1CCS(=O)(=O)C1. The summed E-state index contributed by atoms with van der Waals surface area (Å²) in [5.74, 6) is 0.504. The van der Waals surface area contributed by atoms with E-state index in [9.17, 15) is 18.0 Å². The molecule has 1 aromatic rings. The van der Waals surface area contributed by atoms with Gasteiger partial charge in [-0.3, -0.25) is 9.59 Å². The van der Waals surface area contributed by atoms with Crippen LogP contribution in [-0.4, -0.2) is 90.8 Å². The highest BCUT2D eigenvalue weighted by Gasteiger charge is 2.34. The first-order chi connectivity index (χ1) is 12.4. The molecular weight excluding hydrogens is 358 g/mol. The monoisotopic (exact) mass is 381 g/mol. The van der Waals surface area contributed by atoms with Gasteiger partial charge in [0.1, 0.15) is 17.8 Å². The molecular formula is C16H23N5O4S. The van der Waals surface area contributed by atoms with Crippen LogP contribution in [-0.2, 0) is 14.6 Å². The maximum Gasteiger partial charge on any atom is 0.272 e. The van der Waals surface area contributed by atoms with Gasteiger partial charge in [0.15, 0.2) is 9.84 Å². The number of carbonyl (C=O) groups excluding carboxylic acids is 2. The molecule has 3 rings (SSSR count). The highest BCUT2D eigenvalue weighted by Crippen LogP contribution is 2.21. The predicted octanol–water partition coefficient (Wildman–Crippen LogP) is -0.596. The van der Waals surface area contributed by atoms with E-state index in [0.717, 1.165) is 6.41 Å². The van der Waals surface area contributed by atoms with Gasteiger partial charge in [0.05, 0.1) is 11.5 Å². The third-order valence-corrected chi connectivity index (χ3v) is 6.66. The Morgan fingerprint density at radius 3 is 2.62 bits per heavy atom. The van der Waals surface area contributed by atoms with Crippen LogP contribution in [0.1, 0.15) is 23.8 Å². The molecule has 2 amide bonds. The van der Waals surface area contributed by atoms with Crippen molar-refractivity contribution in [3.05, 3.63) is 18.1 Å². The fourth-order valence-corrected chi connectivity index (χ4v) is 5.16. The third kappa shape index (κ3) is 3.95. The molecule has 0 bridgehead atoms. The largest absolute Gasteiger partial charge is 0.353 e. The molecule has 10 heteroatoms. The fourth-order valence-electron chi connectivity index (χ4n) is 3.43. The van der Waals surface area contributed by atoms with Crippen LogP contribution >= 0.6 is 0 Å². The van der Waals surface area contributed by atoms with Crippen LogP contribution in [0.4, 0.5) is 5.82 Å². The lowest BCUT2D eigenvalue weighted by molar-refractivity contribution is -0.118. The number of sulfone groups is 1. The highest BCUT2D eigenvalue weighted by atomic mass is 32.2. The third-order valence-electron chi connectivity index (χ3n) is 4.91. The number of rotatable bonds is 5. The maximum atomic E-state index is 12.9. The zero-order valence-electron chi connectivity index (χ0n) is 14.7. The summed E-state index contributed by atoms with van der Waals surface area (Å²) in [5.41, 5.74) is 0.263. The summed E-state index contributed by atoms with van der Waals surface area (Å²) in [5, 5.41) is 0.